The quantitative estimate of drug-likeness (QED) is 0.607. The Balaban J connectivity index is 2.22. The standard InChI is InChI=1S/C9H14N2O2/c1-2-11-7(12)4-3-6-5-10-9(13)8(6)11/h6,8H,2-5H2,1H3,(H,10,13)/t6-,8-/m0/s1. The molecule has 0 unspecified atom stereocenters. The van der Waals surface area contributed by atoms with Crippen LogP contribution in [0.5, 0.6) is 0 Å². The minimum atomic E-state index is -0.175. The van der Waals surface area contributed by atoms with Crippen molar-refractivity contribution in [3.05, 3.63) is 0 Å². The summed E-state index contributed by atoms with van der Waals surface area (Å²) in [6.45, 7) is 3.31. The molecule has 2 amide bonds. The molecule has 0 aromatic carbocycles. The highest BCUT2D eigenvalue weighted by Gasteiger charge is 2.43. The number of rotatable bonds is 1. The highest BCUT2D eigenvalue weighted by atomic mass is 16.2. The number of carbonyl (C=O) groups excluding carboxylic acids is 2. The summed E-state index contributed by atoms with van der Waals surface area (Å²) in [4.78, 5) is 24.6. The SMILES string of the molecule is CCN1C(=O)CC[C@H]2CNC(=O)[C@H]21. The van der Waals surface area contributed by atoms with E-state index in [1.807, 2.05) is 6.92 Å². The van der Waals surface area contributed by atoms with E-state index in [1.54, 1.807) is 4.90 Å². The van der Waals surface area contributed by atoms with Crippen molar-refractivity contribution in [2.45, 2.75) is 25.8 Å². The highest BCUT2D eigenvalue weighted by molar-refractivity contribution is 5.90. The molecule has 2 aliphatic rings. The van der Waals surface area contributed by atoms with Crippen LogP contribution in [0.25, 0.3) is 0 Å². The van der Waals surface area contributed by atoms with E-state index >= 15 is 0 Å². The number of amides is 2. The van der Waals surface area contributed by atoms with Crippen molar-refractivity contribution in [2.24, 2.45) is 5.92 Å². The summed E-state index contributed by atoms with van der Waals surface area (Å²) in [5.74, 6) is 0.505. The van der Waals surface area contributed by atoms with Gasteiger partial charge in [0.1, 0.15) is 6.04 Å². The van der Waals surface area contributed by atoms with Gasteiger partial charge in [0.25, 0.3) is 0 Å². The predicted octanol–water partition coefficient (Wildman–Crippen LogP) is -0.257. The summed E-state index contributed by atoms with van der Waals surface area (Å²) >= 11 is 0. The number of piperidine rings is 1. The Labute approximate surface area is 77.3 Å². The summed E-state index contributed by atoms with van der Waals surface area (Å²) in [6.07, 6.45) is 1.46. The molecule has 2 saturated heterocycles. The van der Waals surface area contributed by atoms with Gasteiger partial charge in [0.05, 0.1) is 0 Å². The van der Waals surface area contributed by atoms with Gasteiger partial charge in [-0.25, -0.2) is 0 Å². The Morgan fingerprint density at radius 3 is 3.00 bits per heavy atom. The number of nitrogens with zero attached hydrogens (tertiary/aromatic N) is 1. The summed E-state index contributed by atoms with van der Waals surface area (Å²) in [6, 6.07) is -0.175. The van der Waals surface area contributed by atoms with Gasteiger partial charge >= 0.3 is 0 Å². The smallest absolute Gasteiger partial charge is 0.243 e. The number of hydrogen-bond donors (Lipinski definition) is 1. The van der Waals surface area contributed by atoms with E-state index in [1.165, 1.54) is 0 Å². The van der Waals surface area contributed by atoms with E-state index in [0.717, 1.165) is 13.0 Å². The van der Waals surface area contributed by atoms with Crippen molar-refractivity contribution in [1.29, 1.82) is 0 Å². The summed E-state index contributed by atoms with van der Waals surface area (Å²) in [7, 11) is 0. The first-order valence-corrected chi connectivity index (χ1v) is 4.81. The lowest BCUT2D eigenvalue weighted by atomic mass is 9.91. The minimum absolute atomic E-state index is 0.0277. The average Bonchev–Trinajstić information content (AvgIpc) is 2.49. The molecule has 2 atom stereocenters. The topological polar surface area (TPSA) is 49.4 Å². The van der Waals surface area contributed by atoms with E-state index in [9.17, 15) is 9.59 Å². The molecular weight excluding hydrogens is 168 g/mol. The fourth-order valence-electron chi connectivity index (χ4n) is 2.30. The van der Waals surface area contributed by atoms with Crippen LogP contribution in [0, 0.1) is 5.92 Å². The Bertz CT molecular complexity index is 250. The summed E-state index contributed by atoms with van der Waals surface area (Å²) in [5, 5.41) is 2.81. The third-order valence-corrected chi connectivity index (χ3v) is 2.98. The number of hydrogen-bond acceptors (Lipinski definition) is 2. The summed E-state index contributed by atoms with van der Waals surface area (Å²) in [5.41, 5.74) is 0. The third kappa shape index (κ3) is 1.20. The van der Waals surface area contributed by atoms with Crippen LogP contribution in [0.3, 0.4) is 0 Å². The van der Waals surface area contributed by atoms with Crippen molar-refractivity contribution in [2.75, 3.05) is 13.1 Å². The third-order valence-electron chi connectivity index (χ3n) is 2.98. The van der Waals surface area contributed by atoms with Gasteiger partial charge in [0.2, 0.25) is 11.8 Å². The lowest BCUT2D eigenvalue weighted by Crippen LogP contribution is -2.50. The molecule has 2 heterocycles. The molecule has 2 rings (SSSR count). The largest absolute Gasteiger partial charge is 0.354 e. The van der Waals surface area contributed by atoms with E-state index < -0.39 is 0 Å². The molecule has 1 N–H and O–H groups in total. The number of fused-ring (bicyclic) bond motifs is 1. The molecule has 0 bridgehead atoms. The average molecular weight is 182 g/mol. The van der Waals surface area contributed by atoms with Gasteiger partial charge in [-0.05, 0) is 13.3 Å². The van der Waals surface area contributed by atoms with E-state index in [2.05, 4.69) is 5.32 Å². The number of likely N-dealkylation sites (N-methyl/N-ethyl adjacent to an activating group) is 1. The maximum Gasteiger partial charge on any atom is 0.243 e. The lowest BCUT2D eigenvalue weighted by molar-refractivity contribution is -0.143. The van der Waals surface area contributed by atoms with Crippen LogP contribution in [-0.2, 0) is 9.59 Å². The second-order valence-electron chi connectivity index (χ2n) is 3.67. The zero-order valence-corrected chi connectivity index (χ0v) is 7.75. The van der Waals surface area contributed by atoms with Crippen molar-refractivity contribution >= 4 is 11.8 Å². The van der Waals surface area contributed by atoms with Crippen LogP contribution < -0.4 is 5.32 Å². The molecule has 4 heteroatoms. The number of nitrogens with one attached hydrogen (secondary N) is 1. The van der Waals surface area contributed by atoms with Gasteiger partial charge in [-0.3, -0.25) is 9.59 Å². The Hall–Kier alpha value is -1.06. The maximum atomic E-state index is 11.5. The minimum Gasteiger partial charge on any atom is -0.354 e. The fourth-order valence-corrected chi connectivity index (χ4v) is 2.30. The Morgan fingerprint density at radius 2 is 2.31 bits per heavy atom. The summed E-state index contributed by atoms with van der Waals surface area (Å²) < 4.78 is 0. The molecule has 13 heavy (non-hydrogen) atoms. The van der Waals surface area contributed by atoms with Crippen LogP contribution in [0.1, 0.15) is 19.8 Å². The van der Waals surface area contributed by atoms with Crippen LogP contribution in [0.4, 0.5) is 0 Å². The van der Waals surface area contributed by atoms with E-state index in [4.69, 9.17) is 0 Å². The molecule has 4 nitrogen and oxygen atoms in total. The second kappa shape index (κ2) is 3.01. The van der Waals surface area contributed by atoms with Crippen LogP contribution >= 0.6 is 0 Å². The maximum absolute atomic E-state index is 11.5. The molecule has 0 aromatic rings. The van der Waals surface area contributed by atoms with Crippen LogP contribution in [0.2, 0.25) is 0 Å². The Morgan fingerprint density at radius 1 is 1.54 bits per heavy atom. The van der Waals surface area contributed by atoms with Gasteiger partial charge in [-0.1, -0.05) is 0 Å². The normalized spacial score (nSPS) is 33.2. The number of carbonyl (C=O) groups is 2. The van der Waals surface area contributed by atoms with Gasteiger partial charge in [0, 0.05) is 25.4 Å². The zero-order valence-electron chi connectivity index (χ0n) is 7.75. The van der Waals surface area contributed by atoms with Crippen molar-refractivity contribution in [3.63, 3.8) is 0 Å². The van der Waals surface area contributed by atoms with E-state index in [-0.39, 0.29) is 17.9 Å². The van der Waals surface area contributed by atoms with Crippen molar-refractivity contribution in [3.8, 4) is 0 Å². The zero-order chi connectivity index (χ0) is 9.42. The predicted molar refractivity (Wildman–Crippen MR) is 46.9 cm³/mol. The molecule has 72 valence electrons. The molecule has 2 fully saturated rings. The molecule has 0 aromatic heterocycles. The van der Waals surface area contributed by atoms with Gasteiger partial charge in [-0.2, -0.15) is 0 Å². The number of likely N-dealkylation sites (tertiary alicyclic amines) is 1. The van der Waals surface area contributed by atoms with Crippen molar-refractivity contribution < 1.29 is 9.59 Å². The van der Waals surface area contributed by atoms with Gasteiger partial charge in [-0.15, -0.1) is 0 Å². The van der Waals surface area contributed by atoms with E-state index in [0.29, 0.717) is 18.9 Å². The lowest BCUT2D eigenvalue weighted by Gasteiger charge is -2.34. The molecular formula is C9H14N2O2. The monoisotopic (exact) mass is 182 g/mol. The first-order chi connectivity index (χ1) is 6.24. The first-order valence-electron chi connectivity index (χ1n) is 4.81. The van der Waals surface area contributed by atoms with Gasteiger partial charge in [0.15, 0.2) is 0 Å². The molecule has 2 aliphatic heterocycles. The molecule has 0 radical (unpaired) electrons. The first kappa shape index (κ1) is 8.53. The van der Waals surface area contributed by atoms with Crippen LogP contribution in [0.15, 0.2) is 0 Å². The molecule has 0 saturated carbocycles. The highest BCUT2D eigenvalue weighted by Crippen LogP contribution is 2.27. The fraction of sp³-hybridized carbons (Fsp3) is 0.778. The Kier molecular flexibility index (Phi) is 1.98. The molecule has 0 spiro atoms. The molecule has 0 aliphatic carbocycles. The van der Waals surface area contributed by atoms with Gasteiger partial charge < -0.3 is 10.2 Å². The van der Waals surface area contributed by atoms with Crippen LogP contribution in [-0.4, -0.2) is 35.8 Å². The van der Waals surface area contributed by atoms with Crippen molar-refractivity contribution in [1.82, 2.24) is 10.2 Å². The second-order valence-corrected chi connectivity index (χ2v) is 3.67.